The molecule has 0 aromatic carbocycles. The normalized spacial score (nSPS) is 14.4. The van der Waals surface area contributed by atoms with Crippen LogP contribution in [0.4, 0.5) is 0 Å². The summed E-state index contributed by atoms with van der Waals surface area (Å²) in [5.41, 5.74) is 0. The van der Waals surface area contributed by atoms with E-state index in [1.165, 1.54) is 128 Å². The number of esters is 1. The van der Waals surface area contributed by atoms with Crippen molar-refractivity contribution in [3.8, 4) is 0 Å². The van der Waals surface area contributed by atoms with Crippen LogP contribution in [0.1, 0.15) is 265 Å². The first kappa shape index (κ1) is 77.4. The maximum atomic E-state index is 13.5. The van der Waals surface area contributed by atoms with Gasteiger partial charge in [0.2, 0.25) is 5.91 Å². The first-order valence-electron chi connectivity index (χ1n) is 32.8. The molecule has 0 aliphatic heterocycles. The van der Waals surface area contributed by atoms with E-state index >= 15 is 0 Å². The molecule has 81 heavy (non-hydrogen) atoms. The number of nitrogens with one attached hydrogen (secondary N) is 1. The zero-order valence-corrected chi connectivity index (χ0v) is 53.8. The third kappa shape index (κ3) is 60.8. The Morgan fingerprint density at radius 1 is 0.444 bits per heavy atom. The van der Waals surface area contributed by atoms with Crippen LogP contribution in [0.15, 0.2) is 122 Å². The van der Waals surface area contributed by atoms with E-state index in [2.05, 4.69) is 123 Å². The minimum atomic E-state index is -4.73. The third-order valence-electron chi connectivity index (χ3n) is 13.9. The van der Waals surface area contributed by atoms with Crippen molar-refractivity contribution in [1.29, 1.82) is 0 Å². The molecule has 464 valence electrons. The maximum Gasteiger partial charge on any atom is 0.306 e. The first-order chi connectivity index (χ1) is 39.4. The summed E-state index contributed by atoms with van der Waals surface area (Å²) in [6, 6.07) is -0.937. The molecule has 3 unspecified atom stereocenters. The number of hydrogen-bond acceptors (Lipinski definition) is 7. The van der Waals surface area contributed by atoms with E-state index in [1.54, 1.807) is 0 Å². The Morgan fingerprint density at radius 3 is 1.23 bits per heavy atom. The van der Waals surface area contributed by atoms with Crippen molar-refractivity contribution in [3.63, 3.8) is 0 Å². The van der Waals surface area contributed by atoms with Gasteiger partial charge in [-0.1, -0.05) is 265 Å². The molecular formula is C71H123N2O7P. The number of likely N-dealkylation sites (N-methyl/N-ethyl adjacent to an activating group) is 1. The molecule has 1 N–H and O–H groups in total. The van der Waals surface area contributed by atoms with Gasteiger partial charge in [-0.2, -0.15) is 0 Å². The van der Waals surface area contributed by atoms with Gasteiger partial charge in [-0.25, -0.2) is 0 Å². The van der Waals surface area contributed by atoms with Gasteiger partial charge < -0.3 is 28.5 Å². The number of quaternary nitrogens is 1. The van der Waals surface area contributed by atoms with Gasteiger partial charge in [0, 0.05) is 12.8 Å². The molecule has 0 spiro atoms. The molecule has 0 saturated heterocycles. The minimum Gasteiger partial charge on any atom is -0.756 e. The monoisotopic (exact) mass is 1150 g/mol. The second-order valence-electron chi connectivity index (χ2n) is 22.9. The number of carbonyl (C=O) groups excluding carboxylic acids is 2. The van der Waals surface area contributed by atoms with Crippen LogP contribution in [0.5, 0.6) is 0 Å². The quantitative estimate of drug-likeness (QED) is 0.0212. The molecule has 0 aliphatic rings. The van der Waals surface area contributed by atoms with Gasteiger partial charge in [-0.05, 0) is 109 Å². The number of phosphoric acid groups is 1. The number of allylic oxidation sites excluding steroid dienone is 19. The summed E-state index contributed by atoms with van der Waals surface area (Å²) in [6.07, 6.45) is 83.4. The van der Waals surface area contributed by atoms with Crippen LogP contribution in [0.3, 0.4) is 0 Å². The van der Waals surface area contributed by atoms with Gasteiger partial charge in [-0.3, -0.25) is 14.2 Å². The molecular weight excluding hydrogens is 1020 g/mol. The molecule has 3 atom stereocenters. The third-order valence-corrected chi connectivity index (χ3v) is 14.9. The number of carbonyl (C=O) groups is 2. The van der Waals surface area contributed by atoms with Crippen LogP contribution in [0.25, 0.3) is 0 Å². The van der Waals surface area contributed by atoms with Crippen molar-refractivity contribution in [1.82, 2.24) is 5.32 Å². The predicted molar refractivity (Wildman–Crippen MR) is 348 cm³/mol. The lowest BCUT2D eigenvalue weighted by Crippen LogP contribution is -2.47. The van der Waals surface area contributed by atoms with E-state index in [0.29, 0.717) is 23.9 Å². The molecule has 0 bridgehead atoms. The summed E-state index contributed by atoms with van der Waals surface area (Å²) in [5, 5.41) is 2.98. The second kappa shape index (κ2) is 59.6. The summed E-state index contributed by atoms with van der Waals surface area (Å²) < 4.78 is 30.3. The van der Waals surface area contributed by atoms with E-state index in [0.717, 1.165) is 89.9 Å². The summed E-state index contributed by atoms with van der Waals surface area (Å²) >= 11 is 0. The second-order valence-corrected chi connectivity index (χ2v) is 24.3. The van der Waals surface area contributed by atoms with E-state index in [-0.39, 0.29) is 31.3 Å². The van der Waals surface area contributed by atoms with E-state index in [1.807, 2.05) is 45.4 Å². The summed E-state index contributed by atoms with van der Waals surface area (Å²) in [6.45, 7) is 6.63. The SMILES string of the molecule is CC/C=C/C/C=C/C/C=C/C/C=C/C/C=C/CCC(=O)NC(COP(=O)([O-])OCC[N+](C)(C)C)C(/C=C\CCCCCCCCCCCC)OC(=O)CCCCCCCCCCCCC/C=C\C/C=C\C/C=C\C/C=C\CCCCC. The van der Waals surface area contributed by atoms with Crippen LogP contribution < -0.4 is 10.2 Å². The summed E-state index contributed by atoms with van der Waals surface area (Å²) in [7, 11) is 1.12. The van der Waals surface area contributed by atoms with Crippen molar-refractivity contribution in [2.45, 2.75) is 277 Å². The van der Waals surface area contributed by atoms with Crippen LogP contribution in [-0.4, -0.2) is 69.4 Å². The fourth-order valence-electron chi connectivity index (χ4n) is 8.85. The largest absolute Gasteiger partial charge is 0.756 e. The lowest BCUT2D eigenvalue weighted by atomic mass is 10.0. The Labute approximate surface area is 499 Å². The highest BCUT2D eigenvalue weighted by molar-refractivity contribution is 7.45. The summed E-state index contributed by atoms with van der Waals surface area (Å²) in [5.74, 6) is -0.646. The highest BCUT2D eigenvalue weighted by Crippen LogP contribution is 2.38. The van der Waals surface area contributed by atoms with Gasteiger partial charge >= 0.3 is 5.97 Å². The predicted octanol–water partition coefficient (Wildman–Crippen LogP) is 20.0. The van der Waals surface area contributed by atoms with Gasteiger partial charge in [0.25, 0.3) is 7.82 Å². The number of hydrogen-bond donors (Lipinski definition) is 1. The fourth-order valence-corrected chi connectivity index (χ4v) is 9.57. The fraction of sp³-hybridized carbons (Fsp3) is 0.690. The molecule has 0 aromatic rings. The Bertz CT molecular complexity index is 1800. The highest BCUT2D eigenvalue weighted by Gasteiger charge is 2.27. The lowest BCUT2D eigenvalue weighted by molar-refractivity contribution is -0.870. The molecule has 1 amide bonds. The smallest absolute Gasteiger partial charge is 0.306 e. The summed E-state index contributed by atoms with van der Waals surface area (Å²) in [4.78, 5) is 40.0. The number of rotatable bonds is 58. The van der Waals surface area contributed by atoms with Crippen molar-refractivity contribution < 1.29 is 37.3 Å². The van der Waals surface area contributed by atoms with Gasteiger partial charge in [-0.15, -0.1) is 0 Å². The van der Waals surface area contributed by atoms with Gasteiger partial charge in [0.15, 0.2) is 0 Å². The Morgan fingerprint density at radius 2 is 0.802 bits per heavy atom. The molecule has 10 heteroatoms. The van der Waals surface area contributed by atoms with E-state index in [9.17, 15) is 19.0 Å². The molecule has 0 fully saturated rings. The topological polar surface area (TPSA) is 114 Å². The van der Waals surface area contributed by atoms with E-state index in [4.69, 9.17) is 13.8 Å². The number of unbranched alkanes of at least 4 members (excludes halogenated alkanes) is 24. The van der Waals surface area contributed by atoms with Crippen molar-refractivity contribution in [2.24, 2.45) is 0 Å². The molecule has 0 aromatic heterocycles. The Hall–Kier alpha value is -3.59. The van der Waals surface area contributed by atoms with Crippen molar-refractivity contribution in [2.75, 3.05) is 40.9 Å². The first-order valence-corrected chi connectivity index (χ1v) is 34.3. The van der Waals surface area contributed by atoms with Crippen LogP contribution in [0, 0.1) is 0 Å². The number of amides is 1. The standard InChI is InChI=1S/C71H123N2O7P/c1-7-10-13-16-19-22-25-28-30-32-33-34-35-36-37-38-39-40-41-42-44-46-49-52-55-58-61-64-71(75)80-69(62-59-56-53-50-47-27-24-21-18-15-12-9-3)68(67-79-81(76,77)78-66-65-73(4,5)6)72-70(74)63-60-57-54-51-48-45-43-31-29-26-23-20-17-14-11-8-2/h11,14,19-20,22-23,28-31,33-34,36-37,45,48,54,57,59,62,68-69H,7-10,12-13,15-18,21,24-27,32,35,38-44,46-47,49-53,55-56,58,60-61,63-67H2,1-6H3,(H-,72,74,76,77)/b14-11+,22-19-,23-20+,30-28-,31-29+,34-33-,37-36-,48-45+,57-54+,62-59-. The van der Waals surface area contributed by atoms with Gasteiger partial charge in [0.1, 0.15) is 19.3 Å². The molecule has 0 rings (SSSR count). The molecule has 0 aliphatic carbocycles. The highest BCUT2D eigenvalue weighted by atomic mass is 31.2. The average molecular weight is 1150 g/mol. The van der Waals surface area contributed by atoms with Crippen LogP contribution in [-0.2, 0) is 27.9 Å². The molecule has 0 radical (unpaired) electrons. The van der Waals surface area contributed by atoms with Gasteiger partial charge in [0.05, 0.1) is 33.8 Å². The minimum absolute atomic E-state index is 0.0417. The number of phosphoric ester groups is 1. The number of nitrogens with zero attached hydrogens (tertiary/aromatic N) is 1. The zero-order chi connectivity index (χ0) is 59.3. The molecule has 9 nitrogen and oxygen atoms in total. The molecule has 0 saturated carbocycles. The number of ether oxygens (including phenoxy) is 1. The zero-order valence-electron chi connectivity index (χ0n) is 52.9. The van der Waals surface area contributed by atoms with Crippen LogP contribution in [0.2, 0.25) is 0 Å². The Kier molecular flexibility index (Phi) is 56.9. The maximum absolute atomic E-state index is 13.5. The van der Waals surface area contributed by atoms with Crippen molar-refractivity contribution >= 4 is 19.7 Å². The van der Waals surface area contributed by atoms with Crippen LogP contribution >= 0.6 is 7.82 Å². The Balaban J connectivity index is 5.18. The van der Waals surface area contributed by atoms with E-state index < -0.39 is 26.6 Å². The van der Waals surface area contributed by atoms with Crippen molar-refractivity contribution in [3.05, 3.63) is 122 Å². The average Bonchev–Trinajstić information content (AvgIpc) is 3.44. The molecule has 0 heterocycles. The lowest BCUT2D eigenvalue weighted by Gasteiger charge is -2.30.